The minimum atomic E-state index is -4.34. The summed E-state index contributed by atoms with van der Waals surface area (Å²) in [5.41, 5.74) is 4.09. The number of carbonyl (C=O) groups is 1. The van der Waals surface area contributed by atoms with E-state index in [0.29, 0.717) is 45.0 Å². The molecular weight excluding hydrogens is 526 g/mol. The minimum absolute atomic E-state index is 0.137. The third-order valence-corrected chi connectivity index (χ3v) is 6.67. The molecule has 2 heterocycles. The maximum Gasteiger partial charge on any atom is 0.390 e. The molecule has 1 fully saturated rings. The Bertz CT molecular complexity index is 1610. The van der Waals surface area contributed by atoms with Crippen molar-refractivity contribution in [3.05, 3.63) is 83.4 Å². The van der Waals surface area contributed by atoms with Crippen LogP contribution in [0.2, 0.25) is 0 Å². The number of carbonyl (C=O) groups excluding carboxylic acids is 1. The Kier molecular flexibility index (Phi) is 7.22. The zero-order valence-corrected chi connectivity index (χ0v) is 21.9. The standard InChI is InChI=1S/C29H27F4N5O2/c1-16-12-18(4-8-21(16)28(39)36-20-6-7-20)25-15-35-27-24(34-11-10-29(31,32)33)14-23(37-38(25)27)17(2)22-13-19(30)5-9-26(22)40-3/h4-5,8-9,12-15,20,34H,2,6-7,10-11H2,1,3H3,(H,36,39). The molecule has 0 saturated heterocycles. The van der Waals surface area contributed by atoms with Crippen LogP contribution in [-0.4, -0.2) is 46.4 Å². The molecule has 2 aromatic heterocycles. The van der Waals surface area contributed by atoms with E-state index in [-0.39, 0.29) is 24.2 Å². The van der Waals surface area contributed by atoms with Gasteiger partial charge in [-0.2, -0.15) is 18.3 Å². The van der Waals surface area contributed by atoms with Gasteiger partial charge in [-0.25, -0.2) is 13.9 Å². The van der Waals surface area contributed by atoms with Crippen LogP contribution in [0.1, 0.15) is 46.4 Å². The molecule has 2 N–H and O–H groups in total. The average Bonchev–Trinajstić information content (AvgIpc) is 3.61. The van der Waals surface area contributed by atoms with Gasteiger partial charge in [0.1, 0.15) is 11.6 Å². The number of methoxy groups -OCH3 is 1. The summed E-state index contributed by atoms with van der Waals surface area (Å²) in [5, 5.41) is 10.5. The number of hydrogen-bond donors (Lipinski definition) is 2. The van der Waals surface area contributed by atoms with Crippen LogP contribution in [0.15, 0.2) is 55.2 Å². The summed E-state index contributed by atoms with van der Waals surface area (Å²) in [6, 6.07) is 11.1. The van der Waals surface area contributed by atoms with E-state index in [0.717, 1.165) is 18.4 Å². The SMILES string of the molecule is C=C(c1cc(NCCC(F)(F)F)c2ncc(-c3ccc(C(=O)NC4CC4)c(C)c3)n2n1)c1cc(F)ccc1OC. The average molecular weight is 554 g/mol. The van der Waals surface area contributed by atoms with Gasteiger partial charge < -0.3 is 15.4 Å². The second kappa shape index (κ2) is 10.6. The topological polar surface area (TPSA) is 80.6 Å². The molecular formula is C29H27F4N5O2. The number of hydrogen-bond acceptors (Lipinski definition) is 5. The van der Waals surface area contributed by atoms with Gasteiger partial charge in [-0.1, -0.05) is 12.6 Å². The molecule has 2 aromatic carbocycles. The van der Waals surface area contributed by atoms with Crippen LogP contribution in [0.5, 0.6) is 5.75 Å². The van der Waals surface area contributed by atoms with Gasteiger partial charge in [-0.3, -0.25) is 4.79 Å². The highest BCUT2D eigenvalue weighted by atomic mass is 19.4. The molecule has 5 rings (SSSR count). The summed E-state index contributed by atoms with van der Waals surface area (Å²) in [7, 11) is 1.44. The first kappa shape index (κ1) is 27.2. The first-order valence-corrected chi connectivity index (χ1v) is 12.7. The zero-order chi connectivity index (χ0) is 28.6. The molecule has 4 aromatic rings. The van der Waals surface area contributed by atoms with Gasteiger partial charge in [-0.15, -0.1) is 0 Å². The van der Waals surface area contributed by atoms with Crippen LogP contribution < -0.4 is 15.4 Å². The van der Waals surface area contributed by atoms with Crippen LogP contribution in [0.3, 0.4) is 0 Å². The molecule has 0 aliphatic heterocycles. The molecule has 0 bridgehead atoms. The maximum atomic E-state index is 14.1. The lowest BCUT2D eigenvalue weighted by Crippen LogP contribution is -2.26. The van der Waals surface area contributed by atoms with Crippen molar-refractivity contribution >= 4 is 22.8 Å². The van der Waals surface area contributed by atoms with Gasteiger partial charge >= 0.3 is 6.18 Å². The Morgan fingerprint density at radius 3 is 2.60 bits per heavy atom. The molecule has 0 radical (unpaired) electrons. The summed E-state index contributed by atoms with van der Waals surface area (Å²) in [5.74, 6) is -0.283. The fourth-order valence-corrected chi connectivity index (χ4v) is 4.40. The third kappa shape index (κ3) is 5.78. The summed E-state index contributed by atoms with van der Waals surface area (Å²) in [6.07, 6.45) is -1.88. The predicted octanol–water partition coefficient (Wildman–Crippen LogP) is 6.17. The van der Waals surface area contributed by atoms with Crippen LogP contribution in [0, 0.1) is 12.7 Å². The second-order valence-corrected chi connectivity index (χ2v) is 9.71. The molecule has 1 saturated carbocycles. The fraction of sp³-hybridized carbons (Fsp3) is 0.276. The highest BCUT2D eigenvalue weighted by Crippen LogP contribution is 2.33. The van der Waals surface area contributed by atoms with E-state index in [4.69, 9.17) is 4.74 Å². The number of fused-ring (bicyclic) bond motifs is 1. The van der Waals surface area contributed by atoms with Crippen LogP contribution in [0.4, 0.5) is 23.2 Å². The Morgan fingerprint density at radius 2 is 1.93 bits per heavy atom. The number of nitrogens with zero attached hydrogens (tertiary/aromatic N) is 3. The highest BCUT2D eigenvalue weighted by molar-refractivity contribution is 5.96. The Hall–Kier alpha value is -4.41. The number of imidazole rings is 1. The third-order valence-electron chi connectivity index (χ3n) is 6.67. The molecule has 1 aliphatic carbocycles. The molecule has 1 aliphatic rings. The van der Waals surface area contributed by atoms with Gasteiger partial charge in [0, 0.05) is 34.9 Å². The van der Waals surface area contributed by atoms with Gasteiger partial charge in [0.25, 0.3) is 5.91 Å². The normalized spacial score (nSPS) is 13.3. The second-order valence-electron chi connectivity index (χ2n) is 9.71. The summed E-state index contributed by atoms with van der Waals surface area (Å²) in [4.78, 5) is 17.0. The number of halogens is 4. The number of rotatable bonds is 9. The van der Waals surface area contributed by atoms with E-state index in [1.807, 2.05) is 13.0 Å². The lowest BCUT2D eigenvalue weighted by molar-refractivity contribution is -0.131. The molecule has 1 amide bonds. The van der Waals surface area contributed by atoms with Crippen molar-refractivity contribution in [2.45, 2.75) is 38.4 Å². The minimum Gasteiger partial charge on any atom is -0.496 e. The lowest BCUT2D eigenvalue weighted by atomic mass is 10.0. The molecule has 11 heteroatoms. The monoisotopic (exact) mass is 553 g/mol. The van der Waals surface area contributed by atoms with Crippen molar-refractivity contribution in [3.63, 3.8) is 0 Å². The van der Waals surface area contributed by atoms with Crippen molar-refractivity contribution < 1.29 is 27.1 Å². The zero-order valence-electron chi connectivity index (χ0n) is 21.9. The first-order chi connectivity index (χ1) is 19.0. The quantitative estimate of drug-likeness (QED) is 0.242. The highest BCUT2D eigenvalue weighted by Gasteiger charge is 2.27. The molecule has 0 unspecified atom stereocenters. The van der Waals surface area contributed by atoms with Crippen molar-refractivity contribution in [1.82, 2.24) is 19.9 Å². The number of anilines is 1. The summed E-state index contributed by atoms with van der Waals surface area (Å²) >= 11 is 0. The van der Waals surface area contributed by atoms with Gasteiger partial charge in [0.05, 0.1) is 36.8 Å². The van der Waals surface area contributed by atoms with E-state index in [1.54, 1.807) is 18.3 Å². The van der Waals surface area contributed by atoms with Crippen molar-refractivity contribution in [2.24, 2.45) is 0 Å². The predicted molar refractivity (Wildman–Crippen MR) is 144 cm³/mol. The Labute approximate surface area is 227 Å². The Morgan fingerprint density at radius 1 is 1.15 bits per heavy atom. The Balaban J connectivity index is 1.58. The maximum absolute atomic E-state index is 14.1. The number of aromatic nitrogens is 3. The molecule has 0 spiro atoms. The van der Waals surface area contributed by atoms with Crippen molar-refractivity contribution in [2.75, 3.05) is 19.0 Å². The molecule has 208 valence electrons. The lowest BCUT2D eigenvalue weighted by Gasteiger charge is -2.15. The number of alkyl halides is 3. The van der Waals surface area contributed by atoms with Gasteiger partial charge in [-0.05, 0) is 61.7 Å². The largest absolute Gasteiger partial charge is 0.496 e. The van der Waals surface area contributed by atoms with E-state index in [1.165, 1.54) is 35.9 Å². The van der Waals surface area contributed by atoms with E-state index >= 15 is 0 Å². The molecule has 0 atom stereocenters. The van der Waals surface area contributed by atoms with E-state index < -0.39 is 18.4 Å². The number of nitrogens with one attached hydrogen (secondary N) is 2. The van der Waals surface area contributed by atoms with Crippen molar-refractivity contribution in [1.29, 1.82) is 0 Å². The van der Waals surface area contributed by atoms with E-state index in [2.05, 4.69) is 27.3 Å². The summed E-state index contributed by atoms with van der Waals surface area (Å²) in [6.45, 7) is 5.52. The number of benzene rings is 2. The van der Waals surface area contributed by atoms with Crippen LogP contribution >= 0.6 is 0 Å². The van der Waals surface area contributed by atoms with Crippen LogP contribution in [0.25, 0.3) is 22.5 Å². The first-order valence-electron chi connectivity index (χ1n) is 12.7. The fourth-order valence-electron chi connectivity index (χ4n) is 4.40. The summed E-state index contributed by atoms with van der Waals surface area (Å²) < 4.78 is 59.6. The van der Waals surface area contributed by atoms with Crippen LogP contribution in [-0.2, 0) is 0 Å². The smallest absolute Gasteiger partial charge is 0.390 e. The van der Waals surface area contributed by atoms with Crippen molar-refractivity contribution in [3.8, 4) is 17.0 Å². The number of aryl methyl sites for hydroxylation is 1. The van der Waals surface area contributed by atoms with Gasteiger partial charge in [0.15, 0.2) is 5.65 Å². The van der Waals surface area contributed by atoms with E-state index in [9.17, 15) is 22.4 Å². The molecule has 7 nitrogen and oxygen atoms in total. The number of amides is 1. The van der Waals surface area contributed by atoms with Gasteiger partial charge in [0.2, 0.25) is 0 Å². The number of ether oxygens (including phenoxy) is 1. The molecule has 40 heavy (non-hydrogen) atoms.